The molecule has 0 spiro atoms. The third kappa shape index (κ3) is 5.04. The lowest BCUT2D eigenvalue weighted by Gasteiger charge is -2.37. The Kier molecular flexibility index (Phi) is 5.83. The lowest BCUT2D eigenvalue weighted by molar-refractivity contribution is 0.150. The standard InChI is InChI=1S/C14H30N2O2S/c1-12(2)10-13-11-15-6-7-16(13)8-9-19(17,18)14(3,4)5/h12-13,15H,6-11H2,1-5H3. The molecule has 1 heterocycles. The van der Waals surface area contributed by atoms with Crippen molar-refractivity contribution in [1.29, 1.82) is 0 Å². The Hall–Kier alpha value is -0.130. The quantitative estimate of drug-likeness (QED) is 0.834. The Morgan fingerprint density at radius 3 is 2.47 bits per heavy atom. The molecule has 5 heteroatoms. The summed E-state index contributed by atoms with van der Waals surface area (Å²) in [4.78, 5) is 2.35. The van der Waals surface area contributed by atoms with E-state index < -0.39 is 14.6 Å². The second-order valence-corrected chi connectivity index (χ2v) is 9.82. The minimum absolute atomic E-state index is 0.269. The van der Waals surface area contributed by atoms with E-state index in [4.69, 9.17) is 0 Å². The zero-order valence-electron chi connectivity index (χ0n) is 13.1. The minimum atomic E-state index is -3.01. The molecule has 0 aromatic carbocycles. The molecule has 114 valence electrons. The first-order valence-electron chi connectivity index (χ1n) is 7.30. The molecule has 1 unspecified atom stereocenters. The van der Waals surface area contributed by atoms with Crippen molar-refractivity contribution in [2.75, 3.05) is 31.9 Å². The van der Waals surface area contributed by atoms with Crippen molar-refractivity contribution in [2.45, 2.75) is 51.8 Å². The van der Waals surface area contributed by atoms with E-state index in [0.717, 1.165) is 26.1 Å². The van der Waals surface area contributed by atoms with E-state index in [2.05, 4.69) is 24.1 Å². The van der Waals surface area contributed by atoms with Gasteiger partial charge in [0.05, 0.1) is 10.5 Å². The second kappa shape index (κ2) is 6.55. The predicted octanol–water partition coefficient (Wildman–Crippen LogP) is 1.52. The van der Waals surface area contributed by atoms with Crippen LogP contribution in [-0.4, -0.2) is 56.0 Å². The molecular weight excluding hydrogens is 260 g/mol. The highest BCUT2D eigenvalue weighted by atomic mass is 32.2. The number of hydrogen-bond donors (Lipinski definition) is 1. The third-order valence-electron chi connectivity index (χ3n) is 3.80. The maximum atomic E-state index is 12.2. The molecule has 1 fully saturated rings. The molecule has 0 aromatic heterocycles. The van der Waals surface area contributed by atoms with Crippen LogP contribution in [0.15, 0.2) is 0 Å². The Labute approximate surface area is 118 Å². The van der Waals surface area contributed by atoms with Crippen LogP contribution >= 0.6 is 0 Å². The van der Waals surface area contributed by atoms with Crippen LogP contribution in [0.25, 0.3) is 0 Å². The lowest BCUT2D eigenvalue weighted by atomic mass is 10.0. The molecule has 0 saturated carbocycles. The summed E-state index contributed by atoms with van der Waals surface area (Å²) < 4.78 is 23.7. The van der Waals surface area contributed by atoms with Crippen molar-refractivity contribution in [3.63, 3.8) is 0 Å². The summed E-state index contributed by atoms with van der Waals surface area (Å²) in [7, 11) is -3.01. The largest absolute Gasteiger partial charge is 0.314 e. The van der Waals surface area contributed by atoms with Crippen LogP contribution in [0.3, 0.4) is 0 Å². The zero-order chi connectivity index (χ0) is 14.7. The summed E-state index contributed by atoms with van der Waals surface area (Å²) in [5.74, 6) is 0.914. The van der Waals surface area contributed by atoms with Crippen molar-refractivity contribution in [1.82, 2.24) is 10.2 Å². The molecule has 19 heavy (non-hydrogen) atoms. The predicted molar refractivity (Wildman–Crippen MR) is 81.2 cm³/mol. The summed E-state index contributed by atoms with van der Waals surface area (Å²) in [6, 6.07) is 0.476. The maximum Gasteiger partial charge on any atom is 0.156 e. The summed E-state index contributed by atoms with van der Waals surface area (Å²) in [5, 5.41) is 3.41. The molecule has 0 aromatic rings. The number of hydrogen-bond acceptors (Lipinski definition) is 4. The molecule has 4 nitrogen and oxygen atoms in total. The Morgan fingerprint density at radius 1 is 1.32 bits per heavy atom. The molecule has 0 bridgehead atoms. The first-order valence-corrected chi connectivity index (χ1v) is 8.96. The molecule has 1 atom stereocenters. The molecular formula is C14H30N2O2S. The topological polar surface area (TPSA) is 49.4 Å². The molecule has 1 N–H and O–H groups in total. The fourth-order valence-corrected chi connectivity index (χ4v) is 3.50. The molecule has 1 aliphatic rings. The molecule has 0 aliphatic carbocycles. The smallest absolute Gasteiger partial charge is 0.156 e. The Balaban J connectivity index is 2.59. The molecule has 0 amide bonds. The van der Waals surface area contributed by atoms with Gasteiger partial charge in [0, 0.05) is 32.2 Å². The lowest BCUT2D eigenvalue weighted by Crippen LogP contribution is -2.53. The van der Waals surface area contributed by atoms with Crippen LogP contribution in [0.1, 0.15) is 41.0 Å². The molecule has 1 aliphatic heterocycles. The van der Waals surface area contributed by atoms with Crippen LogP contribution < -0.4 is 5.32 Å². The second-order valence-electron chi connectivity index (χ2n) is 6.95. The number of sulfone groups is 1. The number of nitrogens with zero attached hydrogens (tertiary/aromatic N) is 1. The SMILES string of the molecule is CC(C)CC1CNCCN1CCS(=O)(=O)C(C)(C)C. The Morgan fingerprint density at radius 2 is 1.95 bits per heavy atom. The molecule has 1 rings (SSSR count). The van der Waals surface area contributed by atoms with Crippen molar-refractivity contribution < 1.29 is 8.42 Å². The average molecular weight is 290 g/mol. The van der Waals surface area contributed by atoms with Gasteiger partial charge in [-0.25, -0.2) is 8.42 Å². The molecule has 0 radical (unpaired) electrons. The van der Waals surface area contributed by atoms with Crippen molar-refractivity contribution in [2.24, 2.45) is 5.92 Å². The summed E-state index contributed by atoms with van der Waals surface area (Å²) in [5.41, 5.74) is 0. The Bertz CT molecular complexity index is 371. The summed E-state index contributed by atoms with van der Waals surface area (Å²) >= 11 is 0. The van der Waals surface area contributed by atoms with E-state index in [-0.39, 0.29) is 5.75 Å². The van der Waals surface area contributed by atoms with Crippen LogP contribution in [0, 0.1) is 5.92 Å². The first kappa shape index (κ1) is 16.9. The van der Waals surface area contributed by atoms with E-state index in [0.29, 0.717) is 18.5 Å². The van der Waals surface area contributed by atoms with Crippen LogP contribution in [-0.2, 0) is 9.84 Å². The highest BCUT2D eigenvalue weighted by molar-refractivity contribution is 7.92. The van der Waals surface area contributed by atoms with Crippen LogP contribution in [0.4, 0.5) is 0 Å². The molecule has 1 saturated heterocycles. The van der Waals surface area contributed by atoms with E-state index in [1.54, 1.807) is 20.8 Å². The third-order valence-corrected chi connectivity index (χ3v) is 6.38. The average Bonchev–Trinajstić information content (AvgIpc) is 2.25. The number of rotatable bonds is 5. The van der Waals surface area contributed by atoms with Gasteiger partial charge in [-0.3, -0.25) is 4.90 Å². The van der Waals surface area contributed by atoms with Crippen molar-refractivity contribution in [3.05, 3.63) is 0 Å². The van der Waals surface area contributed by atoms with Gasteiger partial charge in [-0.15, -0.1) is 0 Å². The van der Waals surface area contributed by atoms with Gasteiger partial charge in [-0.1, -0.05) is 13.8 Å². The van der Waals surface area contributed by atoms with Gasteiger partial charge >= 0.3 is 0 Å². The van der Waals surface area contributed by atoms with Gasteiger partial charge in [0.2, 0.25) is 0 Å². The zero-order valence-corrected chi connectivity index (χ0v) is 13.9. The van der Waals surface area contributed by atoms with Crippen LogP contribution in [0.5, 0.6) is 0 Å². The van der Waals surface area contributed by atoms with Gasteiger partial charge in [-0.05, 0) is 33.1 Å². The van der Waals surface area contributed by atoms with E-state index in [9.17, 15) is 8.42 Å². The maximum absolute atomic E-state index is 12.2. The van der Waals surface area contributed by atoms with E-state index >= 15 is 0 Å². The van der Waals surface area contributed by atoms with Crippen molar-refractivity contribution >= 4 is 9.84 Å². The fourth-order valence-electron chi connectivity index (χ4n) is 2.42. The summed E-state index contributed by atoms with van der Waals surface area (Å²) in [6.07, 6.45) is 1.13. The summed E-state index contributed by atoms with van der Waals surface area (Å²) in [6.45, 7) is 13.4. The van der Waals surface area contributed by atoms with Gasteiger partial charge in [0.1, 0.15) is 0 Å². The normalized spacial score (nSPS) is 22.9. The van der Waals surface area contributed by atoms with Gasteiger partial charge < -0.3 is 5.32 Å². The van der Waals surface area contributed by atoms with Gasteiger partial charge in [0.25, 0.3) is 0 Å². The number of nitrogens with one attached hydrogen (secondary N) is 1. The van der Waals surface area contributed by atoms with E-state index in [1.165, 1.54) is 0 Å². The van der Waals surface area contributed by atoms with Crippen LogP contribution in [0.2, 0.25) is 0 Å². The van der Waals surface area contributed by atoms with E-state index in [1.807, 2.05) is 0 Å². The minimum Gasteiger partial charge on any atom is -0.314 e. The highest BCUT2D eigenvalue weighted by Gasteiger charge is 2.31. The van der Waals surface area contributed by atoms with Crippen molar-refractivity contribution in [3.8, 4) is 0 Å². The van der Waals surface area contributed by atoms with Gasteiger partial charge in [0.15, 0.2) is 9.84 Å². The fraction of sp³-hybridized carbons (Fsp3) is 1.00. The number of piperazine rings is 1. The first-order chi connectivity index (χ1) is 8.63. The van der Waals surface area contributed by atoms with Gasteiger partial charge in [-0.2, -0.15) is 0 Å². The monoisotopic (exact) mass is 290 g/mol. The highest BCUT2D eigenvalue weighted by Crippen LogP contribution is 2.18.